The number of nitrogens with one attached hydrogen (secondary N) is 1. The van der Waals surface area contributed by atoms with Crippen molar-refractivity contribution in [2.24, 2.45) is 0 Å². The molecule has 0 aliphatic heterocycles. The van der Waals surface area contributed by atoms with Gasteiger partial charge in [0.15, 0.2) is 0 Å². The van der Waals surface area contributed by atoms with Gasteiger partial charge < -0.3 is 5.32 Å². The number of carbonyl (C=O) groups excluding carboxylic acids is 1. The summed E-state index contributed by atoms with van der Waals surface area (Å²) in [5.74, 6) is -0.121. The van der Waals surface area contributed by atoms with Crippen LogP contribution in [-0.2, 0) is 6.42 Å². The predicted molar refractivity (Wildman–Crippen MR) is 79.4 cm³/mol. The second-order valence-electron chi connectivity index (χ2n) is 4.67. The van der Waals surface area contributed by atoms with Crippen LogP contribution in [0.3, 0.4) is 0 Å². The van der Waals surface area contributed by atoms with Gasteiger partial charge in [0.2, 0.25) is 0 Å². The molecule has 0 aliphatic rings. The molecule has 0 aliphatic carbocycles. The summed E-state index contributed by atoms with van der Waals surface area (Å²) in [5.41, 5.74) is 2.45. The second kappa shape index (κ2) is 6.57. The van der Waals surface area contributed by atoms with Gasteiger partial charge in [-0.15, -0.1) is 5.10 Å². The number of benzene rings is 1. The van der Waals surface area contributed by atoms with Crippen molar-refractivity contribution in [1.82, 2.24) is 30.5 Å². The fourth-order valence-electron chi connectivity index (χ4n) is 2.04. The van der Waals surface area contributed by atoms with Crippen LogP contribution in [-0.4, -0.2) is 37.6 Å². The highest BCUT2D eigenvalue weighted by Crippen LogP contribution is 2.08. The molecular formula is C15H14N6O. The summed E-state index contributed by atoms with van der Waals surface area (Å²) in [6.07, 6.45) is 5.74. The second-order valence-corrected chi connectivity index (χ2v) is 4.67. The number of pyridine rings is 1. The Morgan fingerprint density at radius 2 is 2.05 bits per heavy atom. The molecule has 1 aromatic carbocycles. The van der Waals surface area contributed by atoms with Crippen molar-refractivity contribution < 1.29 is 4.79 Å². The van der Waals surface area contributed by atoms with E-state index in [0.29, 0.717) is 12.1 Å². The Hall–Kier alpha value is -3.09. The first kappa shape index (κ1) is 13.9. The van der Waals surface area contributed by atoms with Gasteiger partial charge in [-0.2, -0.15) is 0 Å². The SMILES string of the molecule is O=C(NCCc1ccncc1)c1cccc(-n2cnnn2)c1. The highest BCUT2D eigenvalue weighted by Gasteiger charge is 2.07. The molecule has 2 aromatic heterocycles. The maximum absolute atomic E-state index is 12.2. The van der Waals surface area contributed by atoms with Crippen LogP contribution in [0, 0.1) is 0 Å². The Morgan fingerprint density at radius 3 is 2.82 bits per heavy atom. The number of aromatic nitrogens is 5. The number of nitrogens with zero attached hydrogens (tertiary/aromatic N) is 5. The lowest BCUT2D eigenvalue weighted by Crippen LogP contribution is -2.25. The first-order valence-corrected chi connectivity index (χ1v) is 6.83. The topological polar surface area (TPSA) is 85.6 Å². The molecule has 2 heterocycles. The van der Waals surface area contributed by atoms with Gasteiger partial charge >= 0.3 is 0 Å². The lowest BCUT2D eigenvalue weighted by atomic mass is 10.1. The first-order valence-electron chi connectivity index (χ1n) is 6.83. The molecule has 0 atom stereocenters. The van der Waals surface area contributed by atoms with Gasteiger partial charge in [-0.25, -0.2) is 4.68 Å². The summed E-state index contributed by atoms with van der Waals surface area (Å²) in [5, 5.41) is 13.9. The fourth-order valence-corrected chi connectivity index (χ4v) is 2.04. The van der Waals surface area contributed by atoms with Crippen molar-refractivity contribution in [1.29, 1.82) is 0 Å². The van der Waals surface area contributed by atoms with Gasteiger partial charge in [-0.05, 0) is 52.7 Å². The molecule has 1 amide bonds. The number of carbonyl (C=O) groups is 1. The van der Waals surface area contributed by atoms with Crippen molar-refractivity contribution in [2.45, 2.75) is 6.42 Å². The zero-order valence-electron chi connectivity index (χ0n) is 11.8. The molecule has 1 N–H and O–H groups in total. The summed E-state index contributed by atoms with van der Waals surface area (Å²) in [6, 6.07) is 11.0. The van der Waals surface area contributed by atoms with Crippen molar-refractivity contribution in [2.75, 3.05) is 6.54 Å². The van der Waals surface area contributed by atoms with E-state index in [-0.39, 0.29) is 5.91 Å². The summed E-state index contributed by atoms with van der Waals surface area (Å²) in [7, 11) is 0. The van der Waals surface area contributed by atoms with E-state index in [1.165, 1.54) is 11.0 Å². The van der Waals surface area contributed by atoms with E-state index in [1.54, 1.807) is 30.6 Å². The zero-order valence-corrected chi connectivity index (χ0v) is 11.8. The van der Waals surface area contributed by atoms with Gasteiger partial charge in [0, 0.05) is 24.5 Å². The molecule has 0 spiro atoms. The highest BCUT2D eigenvalue weighted by atomic mass is 16.1. The normalized spacial score (nSPS) is 10.4. The molecule has 0 bridgehead atoms. The van der Waals surface area contributed by atoms with Crippen LogP contribution in [0.4, 0.5) is 0 Å². The number of tetrazole rings is 1. The van der Waals surface area contributed by atoms with Gasteiger partial charge in [-0.3, -0.25) is 9.78 Å². The van der Waals surface area contributed by atoms with Gasteiger partial charge in [0.05, 0.1) is 5.69 Å². The van der Waals surface area contributed by atoms with Crippen molar-refractivity contribution in [3.05, 3.63) is 66.2 Å². The minimum atomic E-state index is -0.121. The molecule has 110 valence electrons. The smallest absolute Gasteiger partial charge is 0.251 e. The molecule has 0 fully saturated rings. The van der Waals surface area contributed by atoms with Crippen LogP contribution >= 0.6 is 0 Å². The van der Waals surface area contributed by atoms with Crippen LogP contribution in [0.5, 0.6) is 0 Å². The molecule has 0 saturated heterocycles. The molecular weight excluding hydrogens is 280 g/mol. The van der Waals surface area contributed by atoms with Crippen LogP contribution < -0.4 is 5.32 Å². The average molecular weight is 294 g/mol. The Bertz CT molecular complexity index is 742. The number of rotatable bonds is 5. The van der Waals surface area contributed by atoms with Crippen LogP contribution in [0.15, 0.2) is 55.1 Å². The van der Waals surface area contributed by atoms with Crippen LogP contribution in [0.25, 0.3) is 5.69 Å². The largest absolute Gasteiger partial charge is 0.352 e. The predicted octanol–water partition coefficient (Wildman–Crippen LogP) is 1.03. The average Bonchev–Trinajstić information content (AvgIpc) is 3.10. The lowest BCUT2D eigenvalue weighted by Gasteiger charge is -2.07. The van der Waals surface area contributed by atoms with E-state index in [0.717, 1.165) is 17.7 Å². The maximum atomic E-state index is 12.2. The number of amides is 1. The maximum Gasteiger partial charge on any atom is 0.251 e. The Morgan fingerprint density at radius 1 is 1.18 bits per heavy atom. The molecule has 3 aromatic rings. The summed E-state index contributed by atoms with van der Waals surface area (Å²) < 4.78 is 1.51. The van der Waals surface area contributed by atoms with E-state index in [1.807, 2.05) is 18.2 Å². The van der Waals surface area contributed by atoms with Crippen molar-refractivity contribution in [3.63, 3.8) is 0 Å². The number of hydrogen-bond acceptors (Lipinski definition) is 5. The monoisotopic (exact) mass is 294 g/mol. The molecule has 0 radical (unpaired) electrons. The molecule has 7 nitrogen and oxygen atoms in total. The quantitative estimate of drug-likeness (QED) is 0.759. The van der Waals surface area contributed by atoms with Gasteiger partial charge in [0.1, 0.15) is 6.33 Å². The van der Waals surface area contributed by atoms with E-state index >= 15 is 0 Å². The summed E-state index contributed by atoms with van der Waals surface area (Å²) in [4.78, 5) is 16.1. The van der Waals surface area contributed by atoms with E-state index in [4.69, 9.17) is 0 Å². The highest BCUT2D eigenvalue weighted by molar-refractivity contribution is 5.94. The zero-order chi connectivity index (χ0) is 15.2. The third-order valence-corrected chi connectivity index (χ3v) is 3.17. The molecule has 7 heteroatoms. The van der Waals surface area contributed by atoms with Crippen LogP contribution in [0.1, 0.15) is 15.9 Å². The minimum Gasteiger partial charge on any atom is -0.352 e. The Labute approximate surface area is 127 Å². The molecule has 0 unspecified atom stereocenters. The van der Waals surface area contributed by atoms with E-state index in [9.17, 15) is 4.79 Å². The van der Waals surface area contributed by atoms with Gasteiger partial charge in [-0.1, -0.05) is 6.07 Å². The van der Waals surface area contributed by atoms with E-state index < -0.39 is 0 Å². The Balaban J connectivity index is 1.62. The molecule has 22 heavy (non-hydrogen) atoms. The van der Waals surface area contributed by atoms with Crippen molar-refractivity contribution in [3.8, 4) is 5.69 Å². The molecule has 0 saturated carbocycles. The minimum absolute atomic E-state index is 0.121. The number of hydrogen-bond donors (Lipinski definition) is 1. The standard InChI is InChI=1S/C15H14N6O/c22-15(17-9-6-12-4-7-16-8-5-12)13-2-1-3-14(10-13)21-11-18-19-20-21/h1-5,7-8,10-11H,6,9H2,(H,17,22). The van der Waals surface area contributed by atoms with E-state index in [2.05, 4.69) is 25.8 Å². The third-order valence-electron chi connectivity index (χ3n) is 3.17. The lowest BCUT2D eigenvalue weighted by molar-refractivity contribution is 0.0954. The third kappa shape index (κ3) is 3.32. The first-order chi connectivity index (χ1) is 10.8. The van der Waals surface area contributed by atoms with Crippen LogP contribution in [0.2, 0.25) is 0 Å². The van der Waals surface area contributed by atoms with Gasteiger partial charge in [0.25, 0.3) is 5.91 Å². The Kier molecular flexibility index (Phi) is 4.15. The molecule has 3 rings (SSSR count). The summed E-state index contributed by atoms with van der Waals surface area (Å²) >= 11 is 0. The van der Waals surface area contributed by atoms with Crippen molar-refractivity contribution >= 4 is 5.91 Å². The summed E-state index contributed by atoms with van der Waals surface area (Å²) in [6.45, 7) is 0.567. The fraction of sp³-hybridized carbons (Fsp3) is 0.133.